The number of amides is 1. The maximum absolute atomic E-state index is 11.0. The number of hydrogen-bond acceptors (Lipinski definition) is 4. The molecule has 0 saturated heterocycles. The average molecular weight is 233 g/mol. The van der Waals surface area contributed by atoms with Crippen LogP contribution >= 0.6 is 11.8 Å². The summed E-state index contributed by atoms with van der Waals surface area (Å²) in [6, 6.07) is -0.910. The summed E-state index contributed by atoms with van der Waals surface area (Å²) in [4.78, 5) is 21.7. The van der Waals surface area contributed by atoms with Crippen molar-refractivity contribution in [1.29, 1.82) is 0 Å². The summed E-state index contributed by atoms with van der Waals surface area (Å²) in [6.07, 6.45) is 0.676. The highest BCUT2D eigenvalue weighted by atomic mass is 32.2. The molecule has 6 heteroatoms. The topological polar surface area (TPSA) is 75.6 Å². The molecule has 0 spiro atoms. The van der Waals surface area contributed by atoms with Gasteiger partial charge < -0.3 is 15.2 Å². The van der Waals surface area contributed by atoms with Gasteiger partial charge in [0.05, 0.1) is 0 Å². The number of nitrogens with one attached hydrogen (secondary N) is 1. The van der Waals surface area contributed by atoms with Crippen molar-refractivity contribution in [3.05, 3.63) is 12.7 Å². The Hall–Kier alpha value is -1.17. The first-order valence-electron chi connectivity index (χ1n) is 4.46. The Morgan fingerprint density at radius 2 is 2.33 bits per heavy atom. The van der Waals surface area contributed by atoms with Gasteiger partial charge in [0.15, 0.2) is 0 Å². The Morgan fingerprint density at radius 1 is 1.67 bits per heavy atom. The molecule has 5 nitrogen and oxygen atoms in total. The molecule has 86 valence electrons. The maximum Gasteiger partial charge on any atom is 0.408 e. The molecule has 0 aliphatic rings. The van der Waals surface area contributed by atoms with E-state index < -0.39 is 18.1 Å². The third-order valence-electron chi connectivity index (χ3n) is 1.41. The molecule has 1 atom stereocenters. The van der Waals surface area contributed by atoms with Crippen molar-refractivity contribution >= 4 is 23.8 Å². The van der Waals surface area contributed by atoms with Crippen molar-refractivity contribution in [3.8, 4) is 0 Å². The van der Waals surface area contributed by atoms with E-state index in [1.165, 1.54) is 17.8 Å². The highest BCUT2D eigenvalue weighted by Gasteiger charge is 2.19. The Balaban J connectivity index is 3.98. The minimum atomic E-state index is -1.06. The van der Waals surface area contributed by atoms with E-state index in [-0.39, 0.29) is 6.61 Å². The molecule has 0 aromatic carbocycles. The number of ether oxygens (including phenoxy) is 1. The Morgan fingerprint density at radius 3 is 2.80 bits per heavy atom. The molecule has 0 aromatic heterocycles. The van der Waals surface area contributed by atoms with E-state index in [1.807, 2.05) is 6.92 Å². The second-order valence-electron chi connectivity index (χ2n) is 2.58. The number of carbonyl (C=O) groups is 2. The molecule has 15 heavy (non-hydrogen) atoms. The fourth-order valence-corrected chi connectivity index (χ4v) is 1.43. The van der Waals surface area contributed by atoms with Crippen LogP contribution < -0.4 is 5.32 Å². The summed E-state index contributed by atoms with van der Waals surface area (Å²) in [5.74, 6) is 0.0637. The lowest BCUT2D eigenvalue weighted by molar-refractivity contribution is -0.138. The van der Waals surface area contributed by atoms with Crippen LogP contribution in [0.3, 0.4) is 0 Å². The van der Waals surface area contributed by atoms with Crippen LogP contribution in [0.1, 0.15) is 6.92 Å². The van der Waals surface area contributed by atoms with Crippen molar-refractivity contribution in [2.45, 2.75) is 13.0 Å². The van der Waals surface area contributed by atoms with Crippen molar-refractivity contribution < 1.29 is 19.4 Å². The molecule has 0 fully saturated rings. The fourth-order valence-electron chi connectivity index (χ4n) is 0.729. The molecule has 0 radical (unpaired) electrons. The molecule has 0 aliphatic heterocycles. The Kier molecular flexibility index (Phi) is 7.53. The summed E-state index contributed by atoms with van der Waals surface area (Å²) in [6.45, 7) is 5.36. The van der Waals surface area contributed by atoms with E-state index in [9.17, 15) is 9.59 Å². The monoisotopic (exact) mass is 233 g/mol. The lowest BCUT2D eigenvalue weighted by Gasteiger charge is -2.13. The second-order valence-corrected chi connectivity index (χ2v) is 3.90. The smallest absolute Gasteiger partial charge is 0.408 e. The molecule has 1 amide bonds. The SMILES string of the molecule is C=CCOC(=O)N[C@@H](CSCC)C(=O)O. The van der Waals surface area contributed by atoms with Gasteiger partial charge in [-0.3, -0.25) is 0 Å². The number of hydrogen-bond donors (Lipinski definition) is 2. The first-order valence-corrected chi connectivity index (χ1v) is 5.62. The van der Waals surface area contributed by atoms with Crippen LogP contribution in [0.25, 0.3) is 0 Å². The van der Waals surface area contributed by atoms with Crippen molar-refractivity contribution in [1.82, 2.24) is 5.32 Å². The Bertz CT molecular complexity index is 232. The minimum Gasteiger partial charge on any atom is -0.480 e. The predicted molar refractivity (Wildman–Crippen MR) is 59.1 cm³/mol. The lowest BCUT2D eigenvalue weighted by atomic mass is 10.3. The van der Waals surface area contributed by atoms with Gasteiger partial charge in [0.1, 0.15) is 12.6 Å². The molecule has 2 N–H and O–H groups in total. The van der Waals surface area contributed by atoms with Gasteiger partial charge in [-0.2, -0.15) is 11.8 Å². The molecule has 0 aliphatic carbocycles. The highest BCUT2D eigenvalue weighted by molar-refractivity contribution is 7.99. The minimum absolute atomic E-state index is 0.0685. The van der Waals surface area contributed by atoms with E-state index in [2.05, 4.69) is 16.6 Å². The van der Waals surface area contributed by atoms with Gasteiger partial charge in [-0.05, 0) is 5.75 Å². The molecule has 0 rings (SSSR count). The number of thioether (sulfide) groups is 1. The number of carbonyl (C=O) groups excluding carboxylic acids is 1. The zero-order valence-electron chi connectivity index (χ0n) is 8.56. The van der Waals surface area contributed by atoms with Crippen LogP contribution in [0.4, 0.5) is 4.79 Å². The molecule has 0 saturated carbocycles. The third kappa shape index (κ3) is 6.84. The van der Waals surface area contributed by atoms with Gasteiger partial charge in [0.2, 0.25) is 0 Å². The fraction of sp³-hybridized carbons (Fsp3) is 0.556. The van der Waals surface area contributed by atoms with Gasteiger partial charge >= 0.3 is 12.1 Å². The summed E-state index contributed by atoms with van der Waals surface area (Å²) in [7, 11) is 0. The first-order chi connectivity index (χ1) is 7.11. The molecule has 0 aromatic rings. The zero-order chi connectivity index (χ0) is 11.7. The van der Waals surface area contributed by atoms with E-state index in [0.29, 0.717) is 5.75 Å². The normalized spacial score (nSPS) is 11.5. The summed E-state index contributed by atoms with van der Waals surface area (Å²) in [5.41, 5.74) is 0. The predicted octanol–water partition coefficient (Wildman–Crippen LogP) is 1.10. The summed E-state index contributed by atoms with van der Waals surface area (Å²) >= 11 is 1.44. The van der Waals surface area contributed by atoms with E-state index in [1.54, 1.807) is 0 Å². The van der Waals surface area contributed by atoms with Gasteiger partial charge in [-0.1, -0.05) is 19.6 Å². The van der Waals surface area contributed by atoms with Crippen LogP contribution in [0.5, 0.6) is 0 Å². The zero-order valence-corrected chi connectivity index (χ0v) is 9.38. The number of alkyl carbamates (subject to hydrolysis) is 1. The van der Waals surface area contributed by atoms with E-state index >= 15 is 0 Å². The average Bonchev–Trinajstić information content (AvgIpc) is 2.20. The first kappa shape index (κ1) is 13.8. The number of aliphatic carboxylic acids is 1. The van der Waals surface area contributed by atoms with Crippen LogP contribution in [0.15, 0.2) is 12.7 Å². The molecule has 0 heterocycles. The van der Waals surface area contributed by atoms with Crippen LogP contribution in [0.2, 0.25) is 0 Å². The maximum atomic E-state index is 11.0. The van der Waals surface area contributed by atoms with Crippen LogP contribution in [0, 0.1) is 0 Å². The van der Waals surface area contributed by atoms with Crippen LogP contribution in [-0.4, -0.2) is 41.3 Å². The molecule has 0 bridgehead atoms. The van der Waals surface area contributed by atoms with Gasteiger partial charge in [-0.25, -0.2) is 9.59 Å². The van der Waals surface area contributed by atoms with Gasteiger partial charge in [0, 0.05) is 5.75 Å². The number of carboxylic acid groups (broad SMARTS) is 1. The van der Waals surface area contributed by atoms with Crippen molar-refractivity contribution in [2.24, 2.45) is 0 Å². The number of carboxylic acids is 1. The quantitative estimate of drug-likeness (QED) is 0.644. The van der Waals surface area contributed by atoms with Crippen molar-refractivity contribution in [3.63, 3.8) is 0 Å². The molecule has 0 unspecified atom stereocenters. The third-order valence-corrected chi connectivity index (χ3v) is 2.39. The van der Waals surface area contributed by atoms with Crippen LogP contribution in [-0.2, 0) is 9.53 Å². The van der Waals surface area contributed by atoms with E-state index in [0.717, 1.165) is 5.75 Å². The lowest BCUT2D eigenvalue weighted by Crippen LogP contribution is -2.42. The standard InChI is InChI=1S/C9H15NO4S/c1-3-5-14-9(13)10-7(8(11)12)6-15-4-2/h3,7H,1,4-6H2,2H3,(H,10,13)(H,11,12)/t7-/m0/s1. The largest absolute Gasteiger partial charge is 0.480 e. The van der Waals surface area contributed by atoms with Gasteiger partial charge in [0.25, 0.3) is 0 Å². The molecular weight excluding hydrogens is 218 g/mol. The molecular formula is C9H15NO4S. The highest BCUT2D eigenvalue weighted by Crippen LogP contribution is 2.02. The number of rotatable bonds is 7. The van der Waals surface area contributed by atoms with Gasteiger partial charge in [-0.15, -0.1) is 0 Å². The second kappa shape index (κ2) is 8.16. The summed E-state index contributed by atoms with van der Waals surface area (Å²) < 4.78 is 4.61. The summed E-state index contributed by atoms with van der Waals surface area (Å²) in [5, 5.41) is 11.0. The Labute approximate surface area is 92.9 Å². The van der Waals surface area contributed by atoms with Crippen molar-refractivity contribution in [2.75, 3.05) is 18.1 Å². The van der Waals surface area contributed by atoms with E-state index in [4.69, 9.17) is 5.11 Å².